The van der Waals surface area contributed by atoms with Crippen LogP contribution in [0.3, 0.4) is 0 Å². The first kappa shape index (κ1) is 12.3. The molecule has 6 nitrogen and oxygen atoms in total. The average molecular weight is 261 g/mol. The fourth-order valence-electron chi connectivity index (χ4n) is 2.77. The third kappa shape index (κ3) is 1.78. The predicted molar refractivity (Wildman–Crippen MR) is 72.9 cm³/mol. The van der Waals surface area contributed by atoms with E-state index in [1.165, 1.54) is 0 Å². The van der Waals surface area contributed by atoms with Gasteiger partial charge in [-0.2, -0.15) is 5.10 Å². The Hall–Kier alpha value is -1.69. The number of hydrogen-bond donors (Lipinski definition) is 1. The van der Waals surface area contributed by atoms with Crippen molar-refractivity contribution in [3.05, 3.63) is 12.5 Å². The number of rotatable bonds is 3. The summed E-state index contributed by atoms with van der Waals surface area (Å²) in [5.41, 5.74) is 0.951. The molecule has 2 heterocycles. The molecule has 1 N–H and O–H groups in total. The zero-order chi connectivity index (χ0) is 13.6. The highest BCUT2D eigenvalue weighted by molar-refractivity contribution is 5.86. The normalized spacial score (nSPS) is 25.3. The van der Waals surface area contributed by atoms with Gasteiger partial charge in [0, 0.05) is 25.6 Å². The van der Waals surface area contributed by atoms with Gasteiger partial charge in [-0.3, -0.25) is 4.68 Å². The third-order valence-corrected chi connectivity index (χ3v) is 4.30. The average Bonchev–Trinajstić information content (AvgIpc) is 2.77. The lowest BCUT2D eigenvalue weighted by molar-refractivity contribution is -0.0795. The van der Waals surface area contributed by atoms with Crippen molar-refractivity contribution in [2.75, 3.05) is 12.4 Å². The maximum absolute atomic E-state index is 5.47. The number of ether oxygens (including phenoxy) is 1. The van der Waals surface area contributed by atoms with Crippen LogP contribution in [0, 0.1) is 5.41 Å². The summed E-state index contributed by atoms with van der Waals surface area (Å²) in [4.78, 5) is 8.59. The molecular weight excluding hydrogens is 242 g/mol. The molecule has 0 saturated heterocycles. The summed E-state index contributed by atoms with van der Waals surface area (Å²) in [5, 5.41) is 8.69. The summed E-state index contributed by atoms with van der Waals surface area (Å²) < 4.78 is 7.23. The molecule has 1 saturated carbocycles. The Morgan fingerprint density at radius 3 is 2.89 bits per heavy atom. The number of aromatic nitrogens is 4. The molecule has 2 aromatic heterocycles. The molecule has 1 aliphatic rings. The molecule has 0 spiro atoms. The van der Waals surface area contributed by atoms with Gasteiger partial charge in [-0.05, 0) is 6.42 Å². The van der Waals surface area contributed by atoms with Gasteiger partial charge in [-0.1, -0.05) is 13.8 Å². The Bertz CT molecular complexity index is 606. The summed E-state index contributed by atoms with van der Waals surface area (Å²) in [6.45, 7) is 4.42. The van der Waals surface area contributed by atoms with Crippen LogP contribution in [0.5, 0.6) is 0 Å². The van der Waals surface area contributed by atoms with Crippen molar-refractivity contribution in [2.24, 2.45) is 12.5 Å². The number of methoxy groups -OCH3 is 1. The van der Waals surface area contributed by atoms with E-state index in [1.807, 2.05) is 7.05 Å². The minimum absolute atomic E-state index is 0.105. The molecule has 2 aromatic rings. The van der Waals surface area contributed by atoms with Crippen LogP contribution >= 0.6 is 0 Å². The molecule has 0 aliphatic heterocycles. The first-order valence-electron chi connectivity index (χ1n) is 6.46. The first-order valence-corrected chi connectivity index (χ1v) is 6.46. The number of hydrogen-bond acceptors (Lipinski definition) is 5. The minimum Gasteiger partial charge on any atom is -0.381 e. The summed E-state index contributed by atoms with van der Waals surface area (Å²) in [6.07, 6.45) is 4.68. The lowest BCUT2D eigenvalue weighted by Gasteiger charge is -2.51. The Morgan fingerprint density at radius 1 is 1.42 bits per heavy atom. The van der Waals surface area contributed by atoms with Crippen LogP contribution in [0.2, 0.25) is 0 Å². The fraction of sp³-hybridized carbons (Fsp3) is 0.615. The van der Waals surface area contributed by atoms with Gasteiger partial charge in [0.15, 0.2) is 5.65 Å². The molecule has 0 radical (unpaired) electrons. The summed E-state index contributed by atoms with van der Waals surface area (Å²) in [7, 11) is 3.65. The van der Waals surface area contributed by atoms with Crippen molar-refractivity contribution < 1.29 is 4.74 Å². The number of anilines is 1. The lowest BCUT2D eigenvalue weighted by Crippen LogP contribution is -2.57. The first-order chi connectivity index (χ1) is 9.04. The second-order valence-corrected chi connectivity index (χ2v) is 5.71. The topological polar surface area (TPSA) is 64.9 Å². The number of fused-ring (bicyclic) bond motifs is 1. The largest absolute Gasteiger partial charge is 0.381 e. The van der Waals surface area contributed by atoms with Crippen molar-refractivity contribution in [3.8, 4) is 0 Å². The lowest BCUT2D eigenvalue weighted by atomic mass is 9.64. The molecule has 3 rings (SSSR count). The quantitative estimate of drug-likeness (QED) is 0.909. The Balaban J connectivity index is 1.87. The maximum Gasteiger partial charge on any atom is 0.163 e. The minimum atomic E-state index is 0.105. The molecule has 2 unspecified atom stereocenters. The number of nitrogens with zero attached hydrogens (tertiary/aromatic N) is 4. The SMILES string of the molecule is COC1CC(Nc2ncnc3c2cnn3C)C1(C)C. The highest BCUT2D eigenvalue weighted by atomic mass is 16.5. The van der Waals surface area contributed by atoms with Gasteiger partial charge in [0.05, 0.1) is 17.7 Å². The van der Waals surface area contributed by atoms with Crippen molar-refractivity contribution >= 4 is 16.9 Å². The zero-order valence-electron chi connectivity index (χ0n) is 11.7. The van der Waals surface area contributed by atoms with Crippen molar-refractivity contribution in [3.63, 3.8) is 0 Å². The summed E-state index contributed by atoms with van der Waals surface area (Å²) in [5.74, 6) is 0.853. The maximum atomic E-state index is 5.47. The van der Waals surface area contributed by atoms with E-state index < -0.39 is 0 Å². The molecule has 6 heteroatoms. The van der Waals surface area contributed by atoms with E-state index in [0.29, 0.717) is 12.1 Å². The van der Waals surface area contributed by atoms with Gasteiger partial charge in [0.25, 0.3) is 0 Å². The second kappa shape index (κ2) is 4.16. The summed E-state index contributed by atoms with van der Waals surface area (Å²) in [6, 6.07) is 0.357. The van der Waals surface area contributed by atoms with E-state index >= 15 is 0 Å². The van der Waals surface area contributed by atoms with E-state index in [0.717, 1.165) is 23.3 Å². The van der Waals surface area contributed by atoms with E-state index in [4.69, 9.17) is 4.74 Å². The van der Waals surface area contributed by atoms with Gasteiger partial charge >= 0.3 is 0 Å². The van der Waals surface area contributed by atoms with Gasteiger partial charge in [0.1, 0.15) is 12.1 Å². The monoisotopic (exact) mass is 261 g/mol. The van der Waals surface area contributed by atoms with Crippen LogP contribution in [0.25, 0.3) is 11.0 Å². The second-order valence-electron chi connectivity index (χ2n) is 5.71. The summed E-state index contributed by atoms with van der Waals surface area (Å²) >= 11 is 0. The standard InChI is InChI=1S/C13H19N5O/c1-13(2)9(5-10(13)19-4)17-11-8-6-16-18(3)12(8)15-7-14-11/h6-7,9-10H,5H2,1-4H3,(H,14,15,17). The van der Waals surface area contributed by atoms with Crippen molar-refractivity contribution in [2.45, 2.75) is 32.4 Å². The van der Waals surface area contributed by atoms with Crippen LogP contribution in [0.1, 0.15) is 20.3 Å². The van der Waals surface area contributed by atoms with Crippen LogP contribution in [0.4, 0.5) is 5.82 Å². The fourth-order valence-corrected chi connectivity index (χ4v) is 2.77. The van der Waals surface area contributed by atoms with Crippen LogP contribution in [-0.2, 0) is 11.8 Å². The molecule has 1 fully saturated rings. The number of nitrogens with one attached hydrogen (secondary N) is 1. The Morgan fingerprint density at radius 2 is 2.21 bits per heavy atom. The van der Waals surface area contributed by atoms with Crippen LogP contribution in [0.15, 0.2) is 12.5 Å². The highest BCUT2D eigenvalue weighted by Crippen LogP contribution is 2.44. The van der Waals surface area contributed by atoms with E-state index in [2.05, 4.69) is 34.2 Å². The highest BCUT2D eigenvalue weighted by Gasteiger charge is 2.48. The van der Waals surface area contributed by atoms with E-state index in [1.54, 1.807) is 24.3 Å². The van der Waals surface area contributed by atoms with E-state index in [-0.39, 0.29) is 5.41 Å². The Kier molecular flexibility index (Phi) is 2.70. The molecule has 1 aliphatic carbocycles. The number of aryl methyl sites for hydroxylation is 1. The molecule has 2 atom stereocenters. The van der Waals surface area contributed by atoms with Crippen LogP contribution < -0.4 is 5.32 Å². The van der Waals surface area contributed by atoms with Gasteiger partial charge in [-0.25, -0.2) is 9.97 Å². The molecule has 19 heavy (non-hydrogen) atoms. The van der Waals surface area contributed by atoms with Gasteiger partial charge in [-0.15, -0.1) is 0 Å². The third-order valence-electron chi connectivity index (χ3n) is 4.30. The van der Waals surface area contributed by atoms with Crippen LogP contribution in [-0.4, -0.2) is 39.0 Å². The molecule has 102 valence electrons. The van der Waals surface area contributed by atoms with Gasteiger partial charge in [0.2, 0.25) is 0 Å². The van der Waals surface area contributed by atoms with E-state index in [9.17, 15) is 0 Å². The van der Waals surface area contributed by atoms with Crippen molar-refractivity contribution in [1.82, 2.24) is 19.7 Å². The van der Waals surface area contributed by atoms with Crippen molar-refractivity contribution in [1.29, 1.82) is 0 Å². The smallest absolute Gasteiger partial charge is 0.163 e. The molecule has 0 aromatic carbocycles. The zero-order valence-corrected chi connectivity index (χ0v) is 11.7. The predicted octanol–water partition coefficient (Wildman–Crippen LogP) is 1.59. The Labute approximate surface area is 112 Å². The van der Waals surface area contributed by atoms with Gasteiger partial charge < -0.3 is 10.1 Å². The molecule has 0 bridgehead atoms. The molecule has 0 amide bonds. The molecular formula is C13H19N5O.